The van der Waals surface area contributed by atoms with Crippen LogP contribution in [-0.2, 0) is 12.0 Å². The second kappa shape index (κ2) is 3.13. The Hall–Kier alpha value is -1.77. The zero-order valence-corrected chi connectivity index (χ0v) is 10.3. The number of nitrogens with one attached hydrogen (secondary N) is 1. The number of amides is 1. The monoisotopic (exact) mass is 229 g/mol. The maximum atomic E-state index is 11.6. The van der Waals surface area contributed by atoms with Gasteiger partial charge >= 0.3 is 0 Å². The van der Waals surface area contributed by atoms with Gasteiger partial charge in [0.2, 0.25) is 0 Å². The number of hydrogen-bond acceptors (Lipinski definition) is 2. The van der Waals surface area contributed by atoms with Gasteiger partial charge in [-0.2, -0.15) is 0 Å². The van der Waals surface area contributed by atoms with Gasteiger partial charge in [0.05, 0.1) is 0 Å². The minimum atomic E-state index is -0.00821. The lowest BCUT2D eigenvalue weighted by Crippen LogP contribution is -2.12. The van der Waals surface area contributed by atoms with Gasteiger partial charge in [-0.25, -0.2) is 0 Å². The molecule has 0 saturated heterocycles. The first-order valence-corrected chi connectivity index (χ1v) is 5.80. The topological polar surface area (TPSA) is 42.2 Å². The highest BCUT2D eigenvalue weighted by Gasteiger charge is 2.23. The Morgan fingerprint density at radius 2 is 2.00 bits per heavy atom. The van der Waals surface area contributed by atoms with Gasteiger partial charge in [0.1, 0.15) is 11.3 Å². The smallest absolute Gasteiger partial charge is 0.252 e. The molecule has 3 rings (SSSR count). The minimum Gasteiger partial charge on any atom is -0.460 e. The summed E-state index contributed by atoms with van der Waals surface area (Å²) in [4.78, 5) is 11.6. The molecule has 1 aromatic carbocycles. The largest absolute Gasteiger partial charge is 0.460 e. The molecule has 0 bridgehead atoms. The Balaban J connectivity index is 2.22. The first-order valence-electron chi connectivity index (χ1n) is 5.80. The summed E-state index contributed by atoms with van der Waals surface area (Å²) in [6, 6.07) is 5.96. The maximum absolute atomic E-state index is 11.6. The SMILES string of the molecule is CC(C)(C)c1cc2cc3c(cc2o1)C(=O)NC3. The van der Waals surface area contributed by atoms with Crippen molar-refractivity contribution in [3.05, 3.63) is 35.1 Å². The quantitative estimate of drug-likeness (QED) is 0.754. The van der Waals surface area contributed by atoms with Crippen molar-refractivity contribution in [1.29, 1.82) is 0 Å². The van der Waals surface area contributed by atoms with E-state index in [4.69, 9.17) is 4.42 Å². The van der Waals surface area contributed by atoms with Crippen LogP contribution < -0.4 is 5.32 Å². The molecule has 1 aliphatic heterocycles. The molecule has 1 aliphatic rings. The highest BCUT2D eigenvalue weighted by molar-refractivity contribution is 6.01. The predicted octanol–water partition coefficient (Wildman–Crippen LogP) is 2.97. The van der Waals surface area contributed by atoms with Gasteiger partial charge < -0.3 is 9.73 Å². The van der Waals surface area contributed by atoms with Crippen LogP contribution in [0.15, 0.2) is 22.6 Å². The summed E-state index contributed by atoms with van der Waals surface area (Å²) in [6.45, 7) is 6.97. The zero-order chi connectivity index (χ0) is 12.2. The Morgan fingerprint density at radius 1 is 1.24 bits per heavy atom. The average molecular weight is 229 g/mol. The summed E-state index contributed by atoms with van der Waals surface area (Å²) in [5, 5.41) is 3.89. The number of fused-ring (bicyclic) bond motifs is 2. The van der Waals surface area contributed by atoms with Crippen LogP contribution in [0.1, 0.15) is 42.5 Å². The highest BCUT2D eigenvalue weighted by atomic mass is 16.3. The third kappa shape index (κ3) is 1.54. The predicted molar refractivity (Wildman–Crippen MR) is 66.1 cm³/mol. The van der Waals surface area contributed by atoms with E-state index in [-0.39, 0.29) is 11.3 Å². The Morgan fingerprint density at radius 3 is 2.71 bits per heavy atom. The van der Waals surface area contributed by atoms with E-state index in [1.165, 1.54) is 0 Å². The average Bonchev–Trinajstić information content (AvgIpc) is 2.79. The molecule has 88 valence electrons. The lowest BCUT2D eigenvalue weighted by Gasteiger charge is -2.13. The summed E-state index contributed by atoms with van der Waals surface area (Å²) in [5.41, 5.74) is 2.59. The van der Waals surface area contributed by atoms with Gasteiger partial charge in [-0.1, -0.05) is 20.8 Å². The second-order valence-electron chi connectivity index (χ2n) is 5.59. The maximum Gasteiger partial charge on any atom is 0.252 e. The molecule has 2 aromatic rings. The van der Waals surface area contributed by atoms with Gasteiger partial charge in [-0.05, 0) is 23.8 Å². The van der Waals surface area contributed by atoms with Crippen LogP contribution in [-0.4, -0.2) is 5.91 Å². The van der Waals surface area contributed by atoms with Crippen molar-refractivity contribution in [3.8, 4) is 0 Å². The first kappa shape index (κ1) is 10.4. The molecule has 1 amide bonds. The molecule has 1 N–H and O–H groups in total. The summed E-state index contributed by atoms with van der Waals surface area (Å²) in [7, 11) is 0. The highest BCUT2D eigenvalue weighted by Crippen LogP contribution is 2.31. The van der Waals surface area contributed by atoms with Crippen LogP contribution in [0.3, 0.4) is 0 Å². The van der Waals surface area contributed by atoms with Crippen molar-refractivity contribution in [1.82, 2.24) is 5.32 Å². The van der Waals surface area contributed by atoms with Crippen LogP contribution in [0, 0.1) is 0 Å². The molecule has 0 saturated carbocycles. The first-order chi connectivity index (χ1) is 7.95. The van der Waals surface area contributed by atoms with Crippen molar-refractivity contribution < 1.29 is 9.21 Å². The number of carbonyl (C=O) groups excluding carboxylic acids is 1. The van der Waals surface area contributed by atoms with Gasteiger partial charge in [-0.3, -0.25) is 4.79 Å². The van der Waals surface area contributed by atoms with Gasteiger partial charge in [0, 0.05) is 22.9 Å². The van der Waals surface area contributed by atoms with Crippen molar-refractivity contribution >= 4 is 16.9 Å². The van der Waals surface area contributed by atoms with E-state index in [2.05, 4.69) is 32.2 Å². The molecule has 0 atom stereocenters. The summed E-state index contributed by atoms with van der Waals surface area (Å²) >= 11 is 0. The molecular formula is C14H15NO2. The van der Waals surface area contributed by atoms with Crippen LogP contribution in [0.4, 0.5) is 0 Å². The van der Waals surface area contributed by atoms with Crippen molar-refractivity contribution in [3.63, 3.8) is 0 Å². The minimum absolute atomic E-state index is 0.00407. The van der Waals surface area contributed by atoms with E-state index in [1.807, 2.05) is 12.1 Å². The Kier molecular flexibility index (Phi) is 1.91. The number of benzene rings is 1. The number of carbonyl (C=O) groups is 1. The summed E-state index contributed by atoms with van der Waals surface area (Å²) in [6.07, 6.45) is 0. The molecule has 3 nitrogen and oxygen atoms in total. The van der Waals surface area contributed by atoms with Crippen LogP contribution in [0.2, 0.25) is 0 Å². The number of furan rings is 1. The molecule has 0 fully saturated rings. The van der Waals surface area contributed by atoms with E-state index >= 15 is 0 Å². The number of hydrogen-bond donors (Lipinski definition) is 1. The van der Waals surface area contributed by atoms with Crippen LogP contribution in [0.5, 0.6) is 0 Å². The van der Waals surface area contributed by atoms with Crippen molar-refractivity contribution in [2.45, 2.75) is 32.7 Å². The van der Waals surface area contributed by atoms with Crippen LogP contribution in [0.25, 0.3) is 11.0 Å². The molecule has 0 unspecified atom stereocenters. The lowest BCUT2D eigenvalue weighted by molar-refractivity contribution is 0.0965. The number of rotatable bonds is 0. The molecular weight excluding hydrogens is 214 g/mol. The fraction of sp³-hybridized carbons (Fsp3) is 0.357. The van der Waals surface area contributed by atoms with Crippen LogP contribution >= 0.6 is 0 Å². The van der Waals surface area contributed by atoms with Gasteiger partial charge in [0.15, 0.2) is 0 Å². The third-order valence-electron chi connectivity index (χ3n) is 3.17. The summed E-state index contributed by atoms with van der Waals surface area (Å²) in [5.74, 6) is 0.951. The van der Waals surface area contributed by atoms with Gasteiger partial charge in [0.25, 0.3) is 5.91 Å². The Bertz CT molecular complexity index is 617. The molecule has 0 spiro atoms. The zero-order valence-electron chi connectivity index (χ0n) is 10.3. The third-order valence-corrected chi connectivity index (χ3v) is 3.17. The molecule has 0 aliphatic carbocycles. The van der Waals surface area contributed by atoms with E-state index in [0.29, 0.717) is 6.54 Å². The molecule has 1 aromatic heterocycles. The Labute approximate surface area is 99.8 Å². The fourth-order valence-electron chi connectivity index (χ4n) is 2.13. The molecule has 17 heavy (non-hydrogen) atoms. The lowest BCUT2D eigenvalue weighted by atomic mass is 9.93. The standard InChI is InChI=1S/C14H15NO2/c1-14(2,3)12-5-8-4-9-7-15-13(16)10(9)6-11(8)17-12/h4-6H,7H2,1-3H3,(H,15,16). The van der Waals surface area contributed by atoms with E-state index < -0.39 is 0 Å². The van der Waals surface area contributed by atoms with E-state index in [9.17, 15) is 4.79 Å². The normalized spacial score (nSPS) is 15.1. The fourth-order valence-corrected chi connectivity index (χ4v) is 2.13. The van der Waals surface area contributed by atoms with Gasteiger partial charge in [-0.15, -0.1) is 0 Å². The molecule has 2 heterocycles. The van der Waals surface area contributed by atoms with E-state index in [1.54, 1.807) is 0 Å². The molecule has 0 radical (unpaired) electrons. The second-order valence-corrected chi connectivity index (χ2v) is 5.59. The summed E-state index contributed by atoms with van der Waals surface area (Å²) < 4.78 is 5.83. The van der Waals surface area contributed by atoms with Crippen molar-refractivity contribution in [2.75, 3.05) is 0 Å². The van der Waals surface area contributed by atoms with Crippen molar-refractivity contribution in [2.24, 2.45) is 0 Å². The van der Waals surface area contributed by atoms with E-state index in [0.717, 1.165) is 27.9 Å². The molecule has 3 heteroatoms.